The number of aliphatic carboxylic acids is 1. The zero-order chi connectivity index (χ0) is 22.5. The summed E-state index contributed by atoms with van der Waals surface area (Å²) in [5, 5.41) is 15.8. The van der Waals surface area contributed by atoms with E-state index in [2.05, 4.69) is 10.6 Å². The van der Waals surface area contributed by atoms with Gasteiger partial charge in [-0.15, -0.1) is 0 Å². The molecule has 2 saturated carbocycles. The number of quaternary nitrogens is 1. The van der Waals surface area contributed by atoms with Crippen LogP contribution in [0.15, 0.2) is 30.3 Å². The molecule has 3 rings (SSSR count). The van der Waals surface area contributed by atoms with Crippen molar-refractivity contribution in [1.82, 2.24) is 5.32 Å². The molecule has 6 heteroatoms. The van der Waals surface area contributed by atoms with Crippen LogP contribution in [0, 0.1) is 5.92 Å². The second kappa shape index (κ2) is 14.1. The first-order valence-electron chi connectivity index (χ1n) is 12.0. The van der Waals surface area contributed by atoms with Crippen LogP contribution in [0.25, 0.3) is 0 Å². The van der Waals surface area contributed by atoms with Crippen molar-refractivity contribution < 1.29 is 24.7 Å². The third-order valence-corrected chi connectivity index (χ3v) is 6.25. The SMILES string of the molecule is C1CCC([NH2+]C2CCCCC2)CC1.CC(C)[C@H](NC(=O)OCc1ccccc1)C(=O)[O-]. The monoisotopic (exact) mass is 432 g/mol. The third kappa shape index (κ3) is 10.2. The van der Waals surface area contributed by atoms with Gasteiger partial charge in [-0.05, 0) is 62.8 Å². The number of nitrogens with one attached hydrogen (secondary N) is 1. The molecule has 2 aliphatic carbocycles. The third-order valence-electron chi connectivity index (χ3n) is 6.25. The topological polar surface area (TPSA) is 95.1 Å². The Labute approximate surface area is 187 Å². The zero-order valence-corrected chi connectivity index (χ0v) is 19.2. The van der Waals surface area contributed by atoms with Gasteiger partial charge in [0.25, 0.3) is 0 Å². The van der Waals surface area contributed by atoms with Crippen molar-refractivity contribution in [2.75, 3.05) is 0 Å². The number of hydrogen-bond acceptors (Lipinski definition) is 4. The molecular weight excluding hydrogens is 392 g/mol. The van der Waals surface area contributed by atoms with Gasteiger partial charge in [0.2, 0.25) is 0 Å². The number of rotatable bonds is 7. The maximum atomic E-state index is 11.4. The van der Waals surface area contributed by atoms with Crippen LogP contribution < -0.4 is 15.7 Å². The van der Waals surface area contributed by atoms with Crippen LogP contribution in [-0.4, -0.2) is 30.2 Å². The highest BCUT2D eigenvalue weighted by molar-refractivity contribution is 5.78. The second-order valence-corrected chi connectivity index (χ2v) is 9.24. The van der Waals surface area contributed by atoms with Crippen molar-refractivity contribution >= 4 is 12.1 Å². The summed E-state index contributed by atoms with van der Waals surface area (Å²) in [5.74, 6) is -1.58. The van der Waals surface area contributed by atoms with Gasteiger partial charge in [0.1, 0.15) is 6.61 Å². The number of nitrogens with two attached hydrogens (primary N) is 1. The number of carboxylic acids is 1. The summed E-state index contributed by atoms with van der Waals surface area (Å²) in [7, 11) is 0. The fourth-order valence-electron chi connectivity index (χ4n) is 4.43. The van der Waals surface area contributed by atoms with E-state index in [0.29, 0.717) is 0 Å². The van der Waals surface area contributed by atoms with Gasteiger partial charge < -0.3 is 25.3 Å². The van der Waals surface area contributed by atoms with Gasteiger partial charge in [-0.25, -0.2) is 4.79 Å². The van der Waals surface area contributed by atoms with Crippen LogP contribution in [0.1, 0.15) is 83.6 Å². The van der Waals surface area contributed by atoms with E-state index in [-0.39, 0.29) is 12.5 Å². The lowest BCUT2D eigenvalue weighted by molar-refractivity contribution is -0.725. The molecule has 0 bridgehead atoms. The predicted molar refractivity (Wildman–Crippen MR) is 119 cm³/mol. The minimum Gasteiger partial charge on any atom is -0.548 e. The molecule has 0 heterocycles. The zero-order valence-electron chi connectivity index (χ0n) is 19.2. The minimum absolute atomic E-state index is 0.102. The van der Waals surface area contributed by atoms with Gasteiger partial charge in [0.15, 0.2) is 0 Å². The maximum Gasteiger partial charge on any atom is 0.408 e. The van der Waals surface area contributed by atoms with E-state index in [1.54, 1.807) is 13.8 Å². The lowest BCUT2D eigenvalue weighted by Gasteiger charge is -2.27. The van der Waals surface area contributed by atoms with Crippen molar-refractivity contribution in [3.05, 3.63) is 35.9 Å². The van der Waals surface area contributed by atoms with Crippen molar-refractivity contribution in [1.29, 1.82) is 0 Å². The highest BCUT2D eigenvalue weighted by atomic mass is 16.5. The molecule has 1 aromatic rings. The van der Waals surface area contributed by atoms with Gasteiger partial charge in [-0.2, -0.15) is 0 Å². The van der Waals surface area contributed by atoms with Crippen LogP contribution in [0.2, 0.25) is 0 Å². The number of benzene rings is 1. The molecular formula is C25H40N2O4. The van der Waals surface area contributed by atoms with Gasteiger partial charge in [-0.1, -0.05) is 57.0 Å². The van der Waals surface area contributed by atoms with Crippen LogP contribution in [0.5, 0.6) is 0 Å². The number of ether oxygens (including phenoxy) is 1. The molecule has 6 nitrogen and oxygen atoms in total. The molecule has 1 aromatic carbocycles. The Balaban J connectivity index is 0.000000231. The van der Waals surface area contributed by atoms with E-state index in [9.17, 15) is 14.7 Å². The Morgan fingerprint density at radius 1 is 0.968 bits per heavy atom. The average Bonchev–Trinajstić information content (AvgIpc) is 2.78. The molecule has 0 aliphatic heterocycles. The van der Waals surface area contributed by atoms with Gasteiger partial charge >= 0.3 is 6.09 Å². The second-order valence-electron chi connectivity index (χ2n) is 9.24. The first-order valence-corrected chi connectivity index (χ1v) is 12.0. The number of carbonyl (C=O) groups is 2. The van der Waals surface area contributed by atoms with Crippen molar-refractivity contribution in [2.45, 2.75) is 103 Å². The summed E-state index contributed by atoms with van der Waals surface area (Å²) in [4.78, 5) is 22.2. The van der Waals surface area contributed by atoms with Crippen molar-refractivity contribution in [3.63, 3.8) is 0 Å². The molecule has 1 atom stereocenters. The highest BCUT2D eigenvalue weighted by Crippen LogP contribution is 2.18. The normalized spacial score (nSPS) is 18.5. The molecule has 0 aromatic heterocycles. The first-order chi connectivity index (χ1) is 15.0. The Morgan fingerprint density at radius 3 is 1.94 bits per heavy atom. The smallest absolute Gasteiger partial charge is 0.408 e. The van der Waals surface area contributed by atoms with Gasteiger partial charge in [0, 0.05) is 0 Å². The largest absolute Gasteiger partial charge is 0.548 e. The van der Waals surface area contributed by atoms with E-state index in [1.807, 2.05) is 30.3 Å². The maximum absolute atomic E-state index is 11.4. The van der Waals surface area contributed by atoms with E-state index in [1.165, 1.54) is 64.2 Å². The molecule has 2 aliphatic rings. The highest BCUT2D eigenvalue weighted by Gasteiger charge is 2.22. The summed E-state index contributed by atoms with van der Waals surface area (Å²) in [6, 6.07) is 10.1. The standard InChI is InChI=1S/C13H17NO4.C12H23N/c1-9(2)11(12(15)16)14-13(17)18-8-10-6-4-3-5-7-10;1-3-7-11(8-4-1)13-12-9-5-2-6-10-12/h3-7,9,11H,8H2,1-2H3,(H,14,17)(H,15,16);11-13H,1-10H2/t11-;/m0./s1. The van der Waals surface area contributed by atoms with Crippen LogP contribution >= 0.6 is 0 Å². The van der Waals surface area contributed by atoms with Gasteiger partial charge in [0.05, 0.1) is 24.1 Å². The fraction of sp³-hybridized carbons (Fsp3) is 0.680. The molecule has 0 radical (unpaired) electrons. The minimum atomic E-state index is -1.32. The average molecular weight is 433 g/mol. The van der Waals surface area contributed by atoms with E-state index in [0.717, 1.165) is 17.6 Å². The molecule has 31 heavy (non-hydrogen) atoms. The number of hydrogen-bond donors (Lipinski definition) is 2. The summed E-state index contributed by atoms with van der Waals surface area (Å²) in [6.45, 7) is 3.46. The molecule has 0 unspecified atom stereocenters. The Bertz CT molecular complexity index is 622. The number of alkyl carbamates (subject to hydrolysis) is 1. The Hall–Kier alpha value is -2.08. The Morgan fingerprint density at radius 2 is 1.48 bits per heavy atom. The van der Waals surface area contributed by atoms with E-state index >= 15 is 0 Å². The number of carbonyl (C=O) groups excluding carboxylic acids is 2. The molecule has 174 valence electrons. The first kappa shape index (κ1) is 25.2. The lowest BCUT2D eigenvalue weighted by atomic mass is 9.91. The molecule has 0 spiro atoms. The fourth-order valence-corrected chi connectivity index (χ4v) is 4.43. The Kier molecular flexibility index (Phi) is 11.4. The predicted octanol–water partition coefficient (Wildman–Crippen LogP) is 2.90. The van der Waals surface area contributed by atoms with Crippen LogP contribution in [0.3, 0.4) is 0 Å². The van der Waals surface area contributed by atoms with Crippen molar-refractivity contribution in [2.24, 2.45) is 5.92 Å². The molecule has 2 fully saturated rings. The quantitative estimate of drug-likeness (QED) is 0.693. The number of carboxylic acid groups (broad SMARTS) is 1. The van der Waals surface area contributed by atoms with Crippen LogP contribution in [-0.2, 0) is 16.1 Å². The summed E-state index contributed by atoms with van der Waals surface area (Å²) in [6.07, 6.45) is 14.2. The molecule has 1 amide bonds. The lowest BCUT2D eigenvalue weighted by Crippen LogP contribution is -2.95. The van der Waals surface area contributed by atoms with Crippen molar-refractivity contribution in [3.8, 4) is 0 Å². The van der Waals surface area contributed by atoms with E-state index in [4.69, 9.17) is 4.74 Å². The summed E-state index contributed by atoms with van der Waals surface area (Å²) >= 11 is 0. The molecule has 3 N–H and O–H groups in total. The van der Waals surface area contributed by atoms with Crippen LogP contribution in [0.4, 0.5) is 4.79 Å². The summed E-state index contributed by atoms with van der Waals surface area (Å²) < 4.78 is 4.92. The number of amides is 1. The summed E-state index contributed by atoms with van der Waals surface area (Å²) in [5.41, 5.74) is 0.835. The molecule has 0 saturated heterocycles. The van der Waals surface area contributed by atoms with E-state index < -0.39 is 18.1 Å². The van der Waals surface area contributed by atoms with Gasteiger partial charge in [-0.3, -0.25) is 0 Å².